The lowest BCUT2D eigenvalue weighted by atomic mass is 9.85. The lowest BCUT2D eigenvalue weighted by Gasteiger charge is -2.32. The smallest absolute Gasteiger partial charge is 0.231 e. The molecule has 1 aliphatic carbocycles. The zero-order valence-corrected chi connectivity index (χ0v) is 14.8. The third-order valence-corrected chi connectivity index (χ3v) is 5.34. The first-order valence-corrected chi connectivity index (χ1v) is 9.28. The van der Waals surface area contributed by atoms with Crippen LogP contribution in [0.15, 0.2) is 36.4 Å². The van der Waals surface area contributed by atoms with Crippen LogP contribution in [0.5, 0.6) is 17.2 Å². The van der Waals surface area contributed by atoms with Crippen molar-refractivity contribution >= 4 is 0 Å². The van der Waals surface area contributed by atoms with Crippen molar-refractivity contribution in [3.63, 3.8) is 0 Å². The zero-order chi connectivity index (χ0) is 18.0. The molecule has 26 heavy (non-hydrogen) atoms. The predicted octanol–water partition coefficient (Wildman–Crippen LogP) is 3.57. The van der Waals surface area contributed by atoms with Gasteiger partial charge in [0, 0.05) is 18.7 Å². The summed E-state index contributed by atoms with van der Waals surface area (Å²) in [4.78, 5) is 0. The van der Waals surface area contributed by atoms with Crippen LogP contribution in [-0.4, -0.2) is 29.2 Å². The largest absolute Gasteiger partial charge is 0.508 e. The van der Waals surface area contributed by atoms with Gasteiger partial charge in [0.05, 0.1) is 5.60 Å². The fourth-order valence-electron chi connectivity index (χ4n) is 3.80. The molecule has 5 nitrogen and oxygen atoms in total. The van der Waals surface area contributed by atoms with Crippen LogP contribution in [-0.2, 0) is 6.54 Å². The molecule has 138 valence electrons. The second-order valence-electron chi connectivity index (χ2n) is 7.30. The van der Waals surface area contributed by atoms with Gasteiger partial charge in [0.25, 0.3) is 0 Å². The topological polar surface area (TPSA) is 71.0 Å². The van der Waals surface area contributed by atoms with Crippen LogP contribution in [0, 0.1) is 0 Å². The van der Waals surface area contributed by atoms with Crippen molar-refractivity contribution in [3.05, 3.63) is 42.0 Å². The first-order valence-electron chi connectivity index (χ1n) is 9.28. The number of hydrogen-bond donors (Lipinski definition) is 3. The summed E-state index contributed by atoms with van der Waals surface area (Å²) in [6, 6.07) is 11.4. The van der Waals surface area contributed by atoms with E-state index in [1.807, 2.05) is 30.3 Å². The van der Waals surface area contributed by atoms with Gasteiger partial charge in [-0.2, -0.15) is 0 Å². The van der Waals surface area contributed by atoms with Crippen molar-refractivity contribution in [2.45, 2.75) is 44.2 Å². The standard InChI is InChI=1S/C21H25NO4/c23-18-6-4-15(16-5-7-19-20(11-16)26-14-25-19)10-17(18)12-22-13-21(24)8-2-1-3-9-21/h4-7,10-11,22-24H,1-3,8-9,12-14H2. The summed E-state index contributed by atoms with van der Waals surface area (Å²) in [7, 11) is 0. The van der Waals surface area contributed by atoms with Crippen LogP contribution >= 0.6 is 0 Å². The number of phenolic OH excluding ortho intramolecular Hbond substituents is 1. The molecule has 4 rings (SSSR count). The average molecular weight is 355 g/mol. The molecule has 3 N–H and O–H groups in total. The Labute approximate surface area is 153 Å². The number of ether oxygens (including phenoxy) is 2. The van der Waals surface area contributed by atoms with E-state index in [1.54, 1.807) is 6.07 Å². The average Bonchev–Trinajstić information content (AvgIpc) is 3.11. The van der Waals surface area contributed by atoms with Crippen LogP contribution in [0.25, 0.3) is 11.1 Å². The summed E-state index contributed by atoms with van der Waals surface area (Å²) in [6.45, 7) is 1.33. The van der Waals surface area contributed by atoms with E-state index in [1.165, 1.54) is 6.42 Å². The third-order valence-electron chi connectivity index (χ3n) is 5.34. The van der Waals surface area contributed by atoms with Gasteiger partial charge in [-0.1, -0.05) is 31.4 Å². The molecule has 0 aromatic heterocycles. The van der Waals surface area contributed by atoms with Crippen LogP contribution in [0.2, 0.25) is 0 Å². The maximum atomic E-state index is 10.6. The Kier molecular flexibility index (Phi) is 4.74. The van der Waals surface area contributed by atoms with E-state index in [0.29, 0.717) is 13.1 Å². The van der Waals surface area contributed by atoms with Gasteiger partial charge in [-0.3, -0.25) is 0 Å². The molecule has 5 heteroatoms. The number of benzene rings is 2. The Morgan fingerprint density at radius 3 is 2.50 bits per heavy atom. The molecular weight excluding hydrogens is 330 g/mol. The quantitative estimate of drug-likeness (QED) is 0.765. The fourth-order valence-corrected chi connectivity index (χ4v) is 3.80. The lowest BCUT2D eigenvalue weighted by Crippen LogP contribution is -2.41. The van der Waals surface area contributed by atoms with Crippen LogP contribution in [0.4, 0.5) is 0 Å². The van der Waals surface area contributed by atoms with E-state index in [9.17, 15) is 10.2 Å². The third kappa shape index (κ3) is 3.64. The highest BCUT2D eigenvalue weighted by Crippen LogP contribution is 2.36. The number of rotatable bonds is 5. The molecule has 1 aliphatic heterocycles. The van der Waals surface area contributed by atoms with Gasteiger partial charge in [-0.05, 0) is 48.2 Å². The monoisotopic (exact) mass is 355 g/mol. The second-order valence-corrected chi connectivity index (χ2v) is 7.30. The molecule has 0 unspecified atom stereocenters. The molecule has 1 saturated carbocycles. The van der Waals surface area contributed by atoms with Gasteiger partial charge < -0.3 is 25.0 Å². The van der Waals surface area contributed by atoms with Crippen molar-refractivity contribution in [1.29, 1.82) is 0 Å². The summed E-state index contributed by atoms with van der Waals surface area (Å²) in [5.41, 5.74) is 2.23. The second kappa shape index (κ2) is 7.17. The molecule has 0 atom stereocenters. The molecule has 2 aromatic carbocycles. The van der Waals surface area contributed by atoms with Crippen LogP contribution in [0.3, 0.4) is 0 Å². The molecule has 1 fully saturated rings. The summed E-state index contributed by atoms with van der Waals surface area (Å²) < 4.78 is 10.8. The minimum Gasteiger partial charge on any atom is -0.508 e. The Morgan fingerprint density at radius 1 is 0.923 bits per heavy atom. The normalized spacial score (nSPS) is 18.0. The first kappa shape index (κ1) is 17.2. The van der Waals surface area contributed by atoms with E-state index in [2.05, 4.69) is 5.32 Å². The fraction of sp³-hybridized carbons (Fsp3) is 0.429. The highest BCUT2D eigenvalue weighted by Gasteiger charge is 2.28. The van der Waals surface area contributed by atoms with Gasteiger partial charge in [0.15, 0.2) is 11.5 Å². The van der Waals surface area contributed by atoms with E-state index >= 15 is 0 Å². The van der Waals surface area contributed by atoms with Crippen molar-refractivity contribution < 1.29 is 19.7 Å². The predicted molar refractivity (Wildman–Crippen MR) is 99.4 cm³/mol. The van der Waals surface area contributed by atoms with Gasteiger partial charge in [-0.15, -0.1) is 0 Å². The van der Waals surface area contributed by atoms with Crippen molar-refractivity contribution in [1.82, 2.24) is 5.32 Å². The molecule has 2 aromatic rings. The number of aliphatic hydroxyl groups is 1. The molecule has 0 spiro atoms. The van der Waals surface area contributed by atoms with Crippen molar-refractivity contribution in [2.75, 3.05) is 13.3 Å². The molecular formula is C21H25NO4. The highest BCUT2D eigenvalue weighted by atomic mass is 16.7. The summed E-state index contributed by atoms with van der Waals surface area (Å²) in [5.74, 6) is 1.77. The highest BCUT2D eigenvalue weighted by molar-refractivity contribution is 5.69. The SMILES string of the molecule is Oc1ccc(-c2ccc3c(c2)OCO3)cc1CNCC1(O)CCCCC1. The molecule has 1 heterocycles. The van der Waals surface area contributed by atoms with E-state index in [0.717, 1.165) is 53.9 Å². The van der Waals surface area contributed by atoms with Gasteiger partial charge in [-0.25, -0.2) is 0 Å². The number of hydrogen-bond acceptors (Lipinski definition) is 5. The number of fused-ring (bicyclic) bond motifs is 1. The van der Waals surface area contributed by atoms with Crippen molar-refractivity contribution in [2.24, 2.45) is 0 Å². The minimum absolute atomic E-state index is 0.256. The van der Waals surface area contributed by atoms with Crippen LogP contribution in [0.1, 0.15) is 37.7 Å². The maximum Gasteiger partial charge on any atom is 0.231 e. The molecule has 2 aliphatic rings. The zero-order valence-electron chi connectivity index (χ0n) is 14.8. The van der Waals surface area contributed by atoms with E-state index in [-0.39, 0.29) is 12.5 Å². The summed E-state index contributed by atoms with van der Waals surface area (Å²) in [5, 5.41) is 24.1. The Bertz CT molecular complexity index is 784. The Hall–Kier alpha value is -2.24. The molecule has 0 saturated heterocycles. The van der Waals surface area contributed by atoms with Gasteiger partial charge in [0.2, 0.25) is 6.79 Å². The number of nitrogens with one attached hydrogen (secondary N) is 1. The van der Waals surface area contributed by atoms with Gasteiger partial charge in [0.1, 0.15) is 5.75 Å². The minimum atomic E-state index is -0.608. The molecule has 0 amide bonds. The van der Waals surface area contributed by atoms with E-state index < -0.39 is 5.60 Å². The Balaban J connectivity index is 1.46. The molecule has 0 bridgehead atoms. The van der Waals surface area contributed by atoms with Crippen LogP contribution < -0.4 is 14.8 Å². The number of aromatic hydroxyl groups is 1. The maximum absolute atomic E-state index is 10.6. The summed E-state index contributed by atoms with van der Waals surface area (Å²) >= 11 is 0. The lowest BCUT2D eigenvalue weighted by molar-refractivity contribution is 0.00464. The number of phenols is 1. The van der Waals surface area contributed by atoms with E-state index in [4.69, 9.17) is 9.47 Å². The first-order chi connectivity index (χ1) is 12.6. The van der Waals surface area contributed by atoms with Crippen molar-refractivity contribution in [3.8, 4) is 28.4 Å². The summed E-state index contributed by atoms with van der Waals surface area (Å²) in [6.07, 6.45) is 5.08. The Morgan fingerprint density at radius 2 is 1.65 bits per heavy atom. The molecule has 0 radical (unpaired) electrons. The van der Waals surface area contributed by atoms with Gasteiger partial charge >= 0.3 is 0 Å².